The van der Waals surface area contributed by atoms with Crippen molar-refractivity contribution < 1.29 is 39.5 Å². The number of hydrogen-bond acceptors (Lipinski definition) is 10. The smallest absolute Gasteiger partial charge is 0.253 e. The Morgan fingerprint density at radius 2 is 1.84 bits per heavy atom. The van der Waals surface area contributed by atoms with Gasteiger partial charge in [0.05, 0.1) is 23.8 Å². The number of likely N-dealkylation sites (N-methyl/N-ethyl adjacent to an activating group) is 1. The number of carbonyl (C=O) groups excluding carboxylic acids is 2. The minimum Gasteiger partial charge on any atom is -0.510 e. The first-order valence-electron chi connectivity index (χ1n) is 14.8. The van der Waals surface area contributed by atoms with E-state index < -0.39 is 58.4 Å². The van der Waals surface area contributed by atoms with Crippen molar-refractivity contribution in [3.63, 3.8) is 0 Å². The van der Waals surface area contributed by atoms with E-state index >= 15 is 0 Å². The number of fused-ring (bicyclic) bond motifs is 3. The van der Waals surface area contributed by atoms with Crippen LogP contribution in [0.1, 0.15) is 42.9 Å². The van der Waals surface area contributed by atoms with Gasteiger partial charge in [-0.25, -0.2) is 0 Å². The predicted octanol–water partition coefficient (Wildman–Crippen LogP) is 2.45. The van der Waals surface area contributed by atoms with Crippen LogP contribution in [0.4, 0.5) is 0 Å². The fraction of sp³-hybridized carbons (Fsp3) is 0.500. The van der Waals surface area contributed by atoms with Gasteiger partial charge in [-0.3, -0.25) is 19.4 Å². The first-order chi connectivity index (χ1) is 20.3. The summed E-state index contributed by atoms with van der Waals surface area (Å²) in [6, 6.07) is 4.24. The summed E-state index contributed by atoms with van der Waals surface area (Å²) >= 11 is 0. The number of carbonyl (C=O) groups is 2. The summed E-state index contributed by atoms with van der Waals surface area (Å²) in [7, 11) is 3.30. The molecule has 2 fully saturated rings. The summed E-state index contributed by atoms with van der Waals surface area (Å²) in [5, 5.41) is 55.8. The molecule has 1 saturated carbocycles. The maximum atomic E-state index is 14.1. The fourth-order valence-corrected chi connectivity index (χ4v) is 7.93. The van der Waals surface area contributed by atoms with E-state index in [1.165, 1.54) is 6.07 Å². The maximum Gasteiger partial charge on any atom is 0.253 e. The molecule has 2 aromatic rings. The van der Waals surface area contributed by atoms with Gasteiger partial charge in [0.25, 0.3) is 5.91 Å². The molecule has 11 heteroatoms. The molecule has 2 heterocycles. The molecule has 3 aliphatic carbocycles. The molecule has 4 atom stereocenters. The van der Waals surface area contributed by atoms with Crippen LogP contribution in [-0.2, 0) is 22.6 Å². The molecule has 7 N–H and O–H groups in total. The van der Waals surface area contributed by atoms with Crippen molar-refractivity contribution in [2.24, 2.45) is 29.4 Å². The van der Waals surface area contributed by atoms with E-state index in [1.807, 2.05) is 6.07 Å². The number of rotatable bonds is 5. The normalized spacial score (nSPS) is 27.7. The van der Waals surface area contributed by atoms with E-state index in [0.717, 1.165) is 31.5 Å². The largest absolute Gasteiger partial charge is 0.510 e. The van der Waals surface area contributed by atoms with Crippen LogP contribution < -0.4 is 5.73 Å². The second-order valence-corrected chi connectivity index (χ2v) is 12.9. The molecule has 0 radical (unpaired) electrons. The lowest BCUT2D eigenvalue weighted by Gasteiger charge is -2.51. The van der Waals surface area contributed by atoms with Gasteiger partial charge >= 0.3 is 0 Å². The lowest BCUT2D eigenvalue weighted by molar-refractivity contribution is -0.203. The number of aliphatic hydroxyl groups excluding tert-OH is 2. The number of Topliss-reactive ketones (excluding diaryl/α,β-unsaturated/α-hetero) is 1. The monoisotopic (exact) mass is 593 g/mol. The van der Waals surface area contributed by atoms with Gasteiger partial charge in [-0.05, 0) is 94.4 Å². The van der Waals surface area contributed by atoms with Crippen molar-refractivity contribution in [2.45, 2.75) is 51.0 Å². The summed E-state index contributed by atoms with van der Waals surface area (Å²) in [4.78, 5) is 30.3. The van der Waals surface area contributed by atoms with Crippen molar-refractivity contribution in [1.82, 2.24) is 9.80 Å². The van der Waals surface area contributed by atoms with Gasteiger partial charge in [-0.1, -0.05) is 6.92 Å². The van der Waals surface area contributed by atoms with Crippen molar-refractivity contribution in [3.8, 4) is 17.1 Å². The Kier molecular flexibility index (Phi) is 7.20. The van der Waals surface area contributed by atoms with Gasteiger partial charge < -0.3 is 35.7 Å². The molecule has 4 aliphatic rings. The van der Waals surface area contributed by atoms with Crippen LogP contribution in [0.3, 0.4) is 0 Å². The number of ketones is 1. The van der Waals surface area contributed by atoms with Gasteiger partial charge in [0.2, 0.25) is 5.79 Å². The van der Waals surface area contributed by atoms with Crippen molar-refractivity contribution in [3.05, 3.63) is 58.1 Å². The molecule has 3 unspecified atom stereocenters. The molecular formula is C32H39N3O8. The average Bonchev–Trinajstić information content (AvgIpc) is 3.36. The van der Waals surface area contributed by atoms with Gasteiger partial charge in [0.1, 0.15) is 28.6 Å². The number of hydrogen-bond donors (Lipinski definition) is 6. The molecule has 1 aromatic heterocycles. The zero-order chi connectivity index (χ0) is 31.0. The van der Waals surface area contributed by atoms with E-state index in [9.17, 15) is 35.1 Å². The second kappa shape index (κ2) is 10.5. The van der Waals surface area contributed by atoms with Crippen molar-refractivity contribution in [1.29, 1.82) is 0 Å². The van der Waals surface area contributed by atoms with E-state index in [2.05, 4.69) is 11.8 Å². The topological polar surface area (TPSA) is 181 Å². The highest BCUT2D eigenvalue weighted by atomic mass is 16.5. The highest BCUT2D eigenvalue weighted by Gasteiger charge is 2.62. The zero-order valence-corrected chi connectivity index (χ0v) is 24.6. The van der Waals surface area contributed by atoms with E-state index in [-0.39, 0.29) is 29.7 Å². The number of primary amides is 1. The number of nitrogens with zero attached hydrogens (tertiary/aromatic N) is 2. The molecule has 0 bridgehead atoms. The summed E-state index contributed by atoms with van der Waals surface area (Å²) in [5.74, 6) is -7.96. The van der Waals surface area contributed by atoms with E-state index in [4.69, 9.17) is 10.2 Å². The van der Waals surface area contributed by atoms with Crippen LogP contribution in [0.2, 0.25) is 0 Å². The molecule has 1 aliphatic heterocycles. The number of aliphatic hydroxyl groups is 4. The molecule has 0 spiro atoms. The first-order valence-corrected chi connectivity index (χ1v) is 14.8. The molecule has 230 valence electrons. The Morgan fingerprint density at radius 1 is 1.14 bits per heavy atom. The fourth-order valence-electron chi connectivity index (χ4n) is 7.93. The van der Waals surface area contributed by atoms with Gasteiger partial charge in [0, 0.05) is 23.2 Å². The number of allylic oxidation sites excluding steroid dienone is 1. The highest BCUT2D eigenvalue weighted by Crippen LogP contribution is 2.54. The number of furan rings is 1. The second-order valence-electron chi connectivity index (χ2n) is 12.9. The van der Waals surface area contributed by atoms with Crippen LogP contribution in [0.5, 0.6) is 5.75 Å². The van der Waals surface area contributed by atoms with Gasteiger partial charge in [0.15, 0.2) is 5.78 Å². The Labute approximate surface area is 249 Å². The molecule has 1 amide bonds. The number of piperidine rings is 1. The molecule has 1 aromatic carbocycles. The molecular weight excluding hydrogens is 554 g/mol. The average molecular weight is 594 g/mol. The standard InChI is InChI=1S/C32H39N3O8/c1-15-6-9-35(10-7-15)14-16-8-11-43-30(16)18-4-5-21(36)23-19(18)12-17-13-20-24(28(38)22(17)27(23)37)32(41,42)25(31(33)40)29(39)26(20)34(2)3/h4-5,8,11,15,17,20,24,26,36-37,39,41-42H,6-7,9-10,12-14H2,1-3H3,(H2,33,40)/t17?,20?,24?,26-/m0/s1. The molecule has 6 rings (SSSR count). The number of aromatic hydroxyl groups is 1. The SMILES string of the molecule is CC1CCN(Cc2ccoc2-c2ccc(O)c3c2CC2CC4C(C(=O)C2=C3O)C(O)(O)C(C(N)=O)=C(O)[C@H]4N(C)C)CC1. The Hall–Kier alpha value is -3.64. The van der Waals surface area contributed by atoms with Crippen molar-refractivity contribution >= 4 is 17.4 Å². The third-order valence-electron chi connectivity index (χ3n) is 9.98. The quantitative estimate of drug-likeness (QED) is 0.282. The first kappa shape index (κ1) is 29.4. The maximum absolute atomic E-state index is 14.1. The Bertz CT molecular complexity index is 1550. The van der Waals surface area contributed by atoms with Gasteiger partial charge in [-0.2, -0.15) is 0 Å². The van der Waals surface area contributed by atoms with Crippen LogP contribution in [0.15, 0.2) is 45.8 Å². The highest BCUT2D eigenvalue weighted by molar-refractivity contribution is 6.08. The predicted molar refractivity (Wildman–Crippen MR) is 156 cm³/mol. The Morgan fingerprint density at radius 3 is 2.49 bits per heavy atom. The lowest BCUT2D eigenvalue weighted by atomic mass is 9.57. The zero-order valence-electron chi connectivity index (χ0n) is 24.6. The minimum atomic E-state index is -3.05. The number of likely N-dealkylation sites (tertiary alicyclic amines) is 1. The molecule has 43 heavy (non-hydrogen) atoms. The Balaban J connectivity index is 1.44. The van der Waals surface area contributed by atoms with Crippen LogP contribution in [0.25, 0.3) is 17.1 Å². The van der Waals surface area contributed by atoms with Crippen LogP contribution in [0, 0.1) is 23.7 Å². The summed E-state index contributed by atoms with van der Waals surface area (Å²) in [5.41, 5.74) is 6.95. The third-order valence-corrected chi connectivity index (χ3v) is 9.98. The third kappa shape index (κ3) is 4.57. The van der Waals surface area contributed by atoms with Crippen LogP contribution >= 0.6 is 0 Å². The number of phenolic OH excluding ortho intramolecular Hbond substituents is 1. The summed E-state index contributed by atoms with van der Waals surface area (Å²) in [6.45, 7) is 4.93. The minimum absolute atomic E-state index is 0.0431. The number of benzene rings is 1. The lowest BCUT2D eigenvalue weighted by Crippen LogP contribution is -2.62. The summed E-state index contributed by atoms with van der Waals surface area (Å²) in [6.07, 6.45) is 4.33. The van der Waals surface area contributed by atoms with Crippen molar-refractivity contribution in [2.75, 3.05) is 27.2 Å². The number of nitrogens with two attached hydrogens (primary N) is 1. The van der Waals surface area contributed by atoms with Crippen LogP contribution in [-0.4, -0.2) is 86.0 Å². The van der Waals surface area contributed by atoms with Gasteiger partial charge in [-0.15, -0.1) is 0 Å². The summed E-state index contributed by atoms with van der Waals surface area (Å²) < 4.78 is 5.99. The number of amides is 1. The molecule has 1 saturated heterocycles. The number of phenols is 1. The van der Waals surface area contributed by atoms with E-state index in [1.54, 1.807) is 31.3 Å². The molecule has 11 nitrogen and oxygen atoms in total. The van der Waals surface area contributed by atoms with E-state index in [0.29, 0.717) is 29.3 Å².